The highest BCUT2D eigenvalue weighted by molar-refractivity contribution is 5.73. The van der Waals surface area contributed by atoms with Gasteiger partial charge in [0.2, 0.25) is 11.9 Å². The molecule has 0 radical (unpaired) electrons. The third-order valence-corrected chi connectivity index (χ3v) is 3.14. The first kappa shape index (κ1) is 13.1. The Morgan fingerprint density at radius 3 is 3.11 bits per heavy atom. The number of nitriles is 1. The topological polar surface area (TPSA) is 108 Å². The summed E-state index contributed by atoms with van der Waals surface area (Å²) in [7, 11) is 0. The summed E-state index contributed by atoms with van der Waals surface area (Å²) in [6.07, 6.45) is 3.30. The van der Waals surface area contributed by atoms with Crippen LogP contribution in [0.15, 0.2) is 6.20 Å². The standard InChI is InChI=1S/C12H16N6O/c1-8(19)18-4-2-3-10(7-18)16-12-15-6-9(5-13)11(14)17-12/h6,10H,2-4,7H2,1H3,(H3,14,15,16,17). The van der Waals surface area contributed by atoms with Crippen LogP contribution in [-0.4, -0.2) is 39.9 Å². The van der Waals surface area contributed by atoms with E-state index in [9.17, 15) is 4.79 Å². The van der Waals surface area contributed by atoms with Crippen molar-refractivity contribution in [1.29, 1.82) is 5.26 Å². The number of hydrogen-bond acceptors (Lipinski definition) is 6. The highest BCUT2D eigenvalue weighted by Gasteiger charge is 2.22. The van der Waals surface area contributed by atoms with Gasteiger partial charge in [0.25, 0.3) is 0 Å². The van der Waals surface area contributed by atoms with E-state index >= 15 is 0 Å². The van der Waals surface area contributed by atoms with E-state index in [4.69, 9.17) is 11.0 Å². The van der Waals surface area contributed by atoms with Crippen LogP contribution in [0.5, 0.6) is 0 Å². The van der Waals surface area contributed by atoms with Crippen LogP contribution in [0.1, 0.15) is 25.3 Å². The van der Waals surface area contributed by atoms with Crippen molar-refractivity contribution in [1.82, 2.24) is 14.9 Å². The lowest BCUT2D eigenvalue weighted by Gasteiger charge is -2.32. The lowest BCUT2D eigenvalue weighted by molar-refractivity contribution is -0.129. The van der Waals surface area contributed by atoms with Crippen LogP contribution < -0.4 is 11.1 Å². The first-order valence-corrected chi connectivity index (χ1v) is 6.15. The molecule has 1 amide bonds. The van der Waals surface area contributed by atoms with Gasteiger partial charge in [0.05, 0.1) is 6.20 Å². The average molecular weight is 260 g/mol. The second kappa shape index (κ2) is 5.52. The Kier molecular flexibility index (Phi) is 3.80. The Morgan fingerprint density at radius 1 is 1.68 bits per heavy atom. The maximum absolute atomic E-state index is 11.3. The molecule has 3 N–H and O–H groups in total. The molecule has 0 aliphatic carbocycles. The van der Waals surface area contributed by atoms with Crippen molar-refractivity contribution in [2.45, 2.75) is 25.8 Å². The normalized spacial score (nSPS) is 18.7. The Morgan fingerprint density at radius 2 is 2.47 bits per heavy atom. The Bertz CT molecular complexity index is 523. The third kappa shape index (κ3) is 3.10. The van der Waals surface area contributed by atoms with E-state index in [1.165, 1.54) is 6.20 Å². The largest absolute Gasteiger partial charge is 0.382 e. The molecule has 0 spiro atoms. The van der Waals surface area contributed by atoms with Crippen LogP contribution in [-0.2, 0) is 4.79 Å². The summed E-state index contributed by atoms with van der Waals surface area (Å²) >= 11 is 0. The molecule has 1 atom stereocenters. The number of rotatable bonds is 2. The van der Waals surface area contributed by atoms with Gasteiger partial charge in [-0.05, 0) is 12.8 Å². The van der Waals surface area contributed by atoms with Crippen LogP contribution in [0.25, 0.3) is 0 Å². The molecule has 19 heavy (non-hydrogen) atoms. The predicted molar refractivity (Wildman–Crippen MR) is 70.1 cm³/mol. The fourth-order valence-electron chi connectivity index (χ4n) is 2.11. The van der Waals surface area contributed by atoms with Gasteiger partial charge < -0.3 is 16.0 Å². The zero-order valence-electron chi connectivity index (χ0n) is 10.8. The lowest BCUT2D eigenvalue weighted by Crippen LogP contribution is -2.44. The third-order valence-electron chi connectivity index (χ3n) is 3.14. The molecule has 1 saturated heterocycles. The smallest absolute Gasteiger partial charge is 0.224 e. The molecule has 1 aliphatic rings. The van der Waals surface area contributed by atoms with Gasteiger partial charge in [0.1, 0.15) is 17.5 Å². The minimum absolute atomic E-state index is 0.0757. The van der Waals surface area contributed by atoms with Crippen LogP contribution in [0.2, 0.25) is 0 Å². The maximum Gasteiger partial charge on any atom is 0.224 e. The first-order valence-electron chi connectivity index (χ1n) is 6.15. The van der Waals surface area contributed by atoms with Gasteiger partial charge >= 0.3 is 0 Å². The van der Waals surface area contributed by atoms with E-state index in [0.717, 1.165) is 19.4 Å². The minimum Gasteiger partial charge on any atom is -0.382 e. The number of anilines is 2. The molecular weight excluding hydrogens is 244 g/mol. The monoisotopic (exact) mass is 260 g/mol. The van der Waals surface area contributed by atoms with Crippen LogP contribution in [0.3, 0.4) is 0 Å². The number of nitrogens with zero attached hydrogens (tertiary/aromatic N) is 4. The molecule has 1 aliphatic heterocycles. The number of likely N-dealkylation sites (tertiary alicyclic amines) is 1. The first-order chi connectivity index (χ1) is 9.10. The average Bonchev–Trinajstić information content (AvgIpc) is 2.39. The van der Waals surface area contributed by atoms with E-state index in [-0.39, 0.29) is 23.3 Å². The van der Waals surface area contributed by atoms with Gasteiger partial charge in [0.15, 0.2) is 0 Å². The zero-order chi connectivity index (χ0) is 13.8. The number of carbonyl (C=O) groups is 1. The number of hydrogen-bond donors (Lipinski definition) is 2. The van der Waals surface area contributed by atoms with Gasteiger partial charge in [-0.25, -0.2) is 4.98 Å². The Hall–Kier alpha value is -2.36. The number of aromatic nitrogens is 2. The van der Waals surface area contributed by atoms with E-state index in [1.807, 2.05) is 6.07 Å². The van der Waals surface area contributed by atoms with Crippen LogP contribution >= 0.6 is 0 Å². The van der Waals surface area contributed by atoms with Crippen molar-refractivity contribution in [3.8, 4) is 6.07 Å². The Labute approximate surface area is 111 Å². The molecule has 2 rings (SSSR count). The molecule has 7 heteroatoms. The molecule has 0 saturated carbocycles. The predicted octanol–water partition coefficient (Wildman–Crippen LogP) is 0.353. The number of amides is 1. The number of nitrogens with two attached hydrogens (primary N) is 1. The van der Waals surface area contributed by atoms with Gasteiger partial charge in [-0.2, -0.15) is 10.2 Å². The molecule has 1 aromatic heterocycles. The van der Waals surface area contributed by atoms with Crippen LogP contribution in [0, 0.1) is 11.3 Å². The minimum atomic E-state index is 0.0757. The SMILES string of the molecule is CC(=O)N1CCCC(Nc2ncc(C#N)c(N)n2)C1. The van der Waals surface area contributed by atoms with Crippen molar-refractivity contribution in [3.05, 3.63) is 11.8 Å². The van der Waals surface area contributed by atoms with Crippen molar-refractivity contribution in [3.63, 3.8) is 0 Å². The summed E-state index contributed by atoms with van der Waals surface area (Å²) in [6.45, 7) is 3.00. The second-order valence-corrected chi connectivity index (χ2v) is 4.55. The van der Waals surface area contributed by atoms with Crippen molar-refractivity contribution >= 4 is 17.7 Å². The molecule has 1 fully saturated rings. The molecule has 1 unspecified atom stereocenters. The highest BCUT2D eigenvalue weighted by Crippen LogP contribution is 2.15. The number of nitrogen functional groups attached to an aromatic ring is 1. The van der Waals surface area contributed by atoms with Crippen molar-refractivity contribution in [2.24, 2.45) is 0 Å². The van der Waals surface area contributed by atoms with Crippen molar-refractivity contribution < 1.29 is 4.79 Å². The molecule has 100 valence electrons. The summed E-state index contributed by atoms with van der Waals surface area (Å²) in [4.78, 5) is 21.2. The number of piperidine rings is 1. The van der Waals surface area contributed by atoms with Gasteiger partial charge in [-0.15, -0.1) is 0 Å². The zero-order valence-corrected chi connectivity index (χ0v) is 10.8. The molecule has 1 aromatic rings. The van der Waals surface area contributed by atoms with Gasteiger partial charge in [0, 0.05) is 26.1 Å². The fourth-order valence-corrected chi connectivity index (χ4v) is 2.11. The Balaban J connectivity index is 2.03. The summed E-state index contributed by atoms with van der Waals surface area (Å²) in [5.74, 6) is 0.637. The van der Waals surface area contributed by atoms with E-state index < -0.39 is 0 Å². The summed E-state index contributed by atoms with van der Waals surface area (Å²) < 4.78 is 0. The van der Waals surface area contributed by atoms with Crippen LogP contribution in [0.4, 0.5) is 11.8 Å². The number of carbonyl (C=O) groups excluding carboxylic acids is 1. The summed E-state index contributed by atoms with van der Waals surface area (Å²) in [5, 5.41) is 11.9. The molecule has 0 bridgehead atoms. The maximum atomic E-state index is 11.3. The lowest BCUT2D eigenvalue weighted by atomic mass is 10.1. The van der Waals surface area contributed by atoms with Gasteiger partial charge in [-0.3, -0.25) is 4.79 Å². The van der Waals surface area contributed by atoms with E-state index in [1.54, 1.807) is 11.8 Å². The second-order valence-electron chi connectivity index (χ2n) is 4.55. The highest BCUT2D eigenvalue weighted by atomic mass is 16.2. The fraction of sp³-hybridized carbons (Fsp3) is 0.500. The van der Waals surface area contributed by atoms with E-state index in [2.05, 4.69) is 15.3 Å². The molecule has 7 nitrogen and oxygen atoms in total. The molecule has 2 heterocycles. The molecular formula is C12H16N6O. The summed E-state index contributed by atoms with van der Waals surface area (Å²) in [6, 6.07) is 2.03. The molecule has 0 aromatic carbocycles. The van der Waals surface area contributed by atoms with Gasteiger partial charge in [-0.1, -0.05) is 0 Å². The quantitative estimate of drug-likeness (QED) is 0.794. The summed E-state index contributed by atoms with van der Waals surface area (Å²) in [5.41, 5.74) is 5.90. The van der Waals surface area contributed by atoms with E-state index in [0.29, 0.717) is 12.5 Å². The van der Waals surface area contributed by atoms with Crippen molar-refractivity contribution in [2.75, 3.05) is 24.1 Å². The number of nitrogens with one attached hydrogen (secondary N) is 1.